The molecule has 1 aromatic heterocycles. The number of nitrogens with zero attached hydrogens (tertiary/aromatic N) is 3. The second-order valence-corrected chi connectivity index (χ2v) is 4.49. The van der Waals surface area contributed by atoms with E-state index < -0.39 is 13.0 Å². The van der Waals surface area contributed by atoms with Gasteiger partial charge in [-0.25, -0.2) is 8.78 Å². The first-order valence-electron chi connectivity index (χ1n) is 6.17. The predicted octanol–water partition coefficient (Wildman–Crippen LogP) is 0.623. The van der Waals surface area contributed by atoms with Gasteiger partial charge < -0.3 is 15.0 Å². The van der Waals surface area contributed by atoms with E-state index in [1.165, 1.54) is 0 Å². The zero-order valence-electron chi connectivity index (χ0n) is 10.2. The summed E-state index contributed by atoms with van der Waals surface area (Å²) in [6.07, 6.45) is -0.0245. The summed E-state index contributed by atoms with van der Waals surface area (Å²) in [5.41, 5.74) is 5.65. The van der Waals surface area contributed by atoms with Gasteiger partial charge in [-0.2, -0.15) is 0 Å². The van der Waals surface area contributed by atoms with Crippen LogP contribution in [0.2, 0.25) is 0 Å². The van der Waals surface area contributed by atoms with Gasteiger partial charge in [0.25, 0.3) is 6.43 Å². The maximum Gasteiger partial charge on any atom is 0.261 e. The zero-order valence-corrected chi connectivity index (χ0v) is 10.2. The van der Waals surface area contributed by atoms with Crippen molar-refractivity contribution in [2.75, 3.05) is 19.8 Å². The number of ether oxygens (including phenoxy) is 1. The van der Waals surface area contributed by atoms with Crippen LogP contribution in [0.5, 0.6) is 0 Å². The number of rotatable bonds is 6. The van der Waals surface area contributed by atoms with Crippen LogP contribution >= 0.6 is 0 Å². The lowest BCUT2D eigenvalue weighted by Gasteiger charge is -2.22. The van der Waals surface area contributed by atoms with E-state index in [4.69, 9.17) is 10.5 Å². The van der Waals surface area contributed by atoms with Crippen LogP contribution in [0.4, 0.5) is 8.78 Å². The van der Waals surface area contributed by atoms with Crippen LogP contribution in [-0.2, 0) is 24.1 Å². The summed E-state index contributed by atoms with van der Waals surface area (Å²) in [5.74, 6) is 2.24. The highest BCUT2D eigenvalue weighted by Gasteiger charge is 2.21. The second kappa shape index (κ2) is 6.19. The third-order valence-electron chi connectivity index (χ3n) is 3.18. The number of alkyl halides is 2. The molecular formula is C11H18F2N4O. The standard InChI is InChI=1S/C11H18F2N4O/c12-9(13)7-18-4-2-10-15-16-11-5-8(6-14)1-3-17(10)11/h8-9H,1-7,14H2. The largest absolute Gasteiger partial charge is 0.375 e. The minimum atomic E-state index is -2.41. The topological polar surface area (TPSA) is 66.0 Å². The molecular weight excluding hydrogens is 242 g/mol. The number of halogens is 2. The van der Waals surface area contributed by atoms with Crippen LogP contribution < -0.4 is 5.73 Å². The fourth-order valence-electron chi connectivity index (χ4n) is 2.18. The van der Waals surface area contributed by atoms with E-state index >= 15 is 0 Å². The lowest BCUT2D eigenvalue weighted by molar-refractivity contribution is 0.0180. The quantitative estimate of drug-likeness (QED) is 0.762. The van der Waals surface area contributed by atoms with Crippen LogP contribution in [0, 0.1) is 5.92 Å². The summed E-state index contributed by atoms with van der Waals surface area (Å²) >= 11 is 0. The Morgan fingerprint density at radius 1 is 1.44 bits per heavy atom. The van der Waals surface area contributed by atoms with Crippen molar-refractivity contribution in [3.8, 4) is 0 Å². The predicted molar refractivity (Wildman–Crippen MR) is 61.4 cm³/mol. The van der Waals surface area contributed by atoms with Gasteiger partial charge in [-0.3, -0.25) is 0 Å². The van der Waals surface area contributed by atoms with Crippen molar-refractivity contribution in [3.05, 3.63) is 11.6 Å². The number of aromatic nitrogens is 3. The summed E-state index contributed by atoms with van der Waals surface area (Å²) in [4.78, 5) is 0. The molecule has 1 unspecified atom stereocenters. The fourth-order valence-corrected chi connectivity index (χ4v) is 2.18. The molecule has 102 valence electrons. The van der Waals surface area contributed by atoms with Crippen LogP contribution in [0.15, 0.2) is 0 Å². The highest BCUT2D eigenvalue weighted by molar-refractivity contribution is 5.00. The Hall–Kier alpha value is -1.08. The van der Waals surface area contributed by atoms with Gasteiger partial charge in [0.2, 0.25) is 0 Å². The molecule has 1 atom stereocenters. The Kier molecular flexibility index (Phi) is 4.60. The van der Waals surface area contributed by atoms with Crippen molar-refractivity contribution in [1.82, 2.24) is 14.8 Å². The van der Waals surface area contributed by atoms with E-state index in [1.54, 1.807) is 0 Å². The minimum absolute atomic E-state index is 0.253. The number of hydrogen-bond donors (Lipinski definition) is 1. The van der Waals surface area contributed by atoms with Crippen LogP contribution in [0.25, 0.3) is 0 Å². The Morgan fingerprint density at radius 2 is 2.28 bits per heavy atom. The molecule has 1 aliphatic rings. The van der Waals surface area contributed by atoms with E-state index in [0.717, 1.165) is 31.0 Å². The maximum atomic E-state index is 11.9. The van der Waals surface area contributed by atoms with Gasteiger partial charge in [0.15, 0.2) is 0 Å². The molecule has 7 heteroatoms. The molecule has 2 N–H and O–H groups in total. The normalized spacial score (nSPS) is 19.2. The second-order valence-electron chi connectivity index (χ2n) is 4.49. The summed E-state index contributed by atoms with van der Waals surface area (Å²) < 4.78 is 30.7. The minimum Gasteiger partial charge on any atom is -0.375 e. The van der Waals surface area contributed by atoms with Gasteiger partial charge in [0.1, 0.15) is 18.3 Å². The third kappa shape index (κ3) is 3.23. The molecule has 0 spiro atoms. The van der Waals surface area contributed by atoms with Crippen molar-refractivity contribution in [3.63, 3.8) is 0 Å². The monoisotopic (exact) mass is 260 g/mol. The number of nitrogens with two attached hydrogens (primary N) is 1. The average Bonchev–Trinajstić information content (AvgIpc) is 2.76. The van der Waals surface area contributed by atoms with Gasteiger partial charge in [-0.1, -0.05) is 0 Å². The third-order valence-corrected chi connectivity index (χ3v) is 3.18. The van der Waals surface area contributed by atoms with Crippen molar-refractivity contribution in [1.29, 1.82) is 0 Å². The molecule has 5 nitrogen and oxygen atoms in total. The maximum absolute atomic E-state index is 11.9. The molecule has 0 aromatic carbocycles. The van der Waals surface area contributed by atoms with E-state index in [1.807, 2.05) is 0 Å². The molecule has 0 fully saturated rings. The van der Waals surface area contributed by atoms with Gasteiger partial charge in [0.05, 0.1) is 6.61 Å². The first-order valence-corrected chi connectivity index (χ1v) is 6.17. The molecule has 0 saturated heterocycles. The summed E-state index contributed by atoms with van der Waals surface area (Å²) in [6.45, 7) is 1.26. The molecule has 0 aliphatic carbocycles. The van der Waals surface area contributed by atoms with E-state index in [9.17, 15) is 8.78 Å². The lowest BCUT2D eigenvalue weighted by atomic mass is 9.98. The Balaban J connectivity index is 1.86. The summed E-state index contributed by atoms with van der Waals surface area (Å²) in [7, 11) is 0. The first kappa shape index (κ1) is 13.4. The molecule has 0 saturated carbocycles. The molecule has 18 heavy (non-hydrogen) atoms. The summed E-state index contributed by atoms with van der Waals surface area (Å²) in [6, 6.07) is 0. The van der Waals surface area contributed by atoms with Gasteiger partial charge >= 0.3 is 0 Å². The van der Waals surface area contributed by atoms with Gasteiger partial charge in [-0.05, 0) is 18.9 Å². The molecule has 1 aromatic rings. The van der Waals surface area contributed by atoms with Crippen LogP contribution in [0.3, 0.4) is 0 Å². The highest BCUT2D eigenvalue weighted by atomic mass is 19.3. The Labute approximate surface area is 104 Å². The Morgan fingerprint density at radius 3 is 3.00 bits per heavy atom. The SMILES string of the molecule is NCC1CCn2c(CCOCC(F)F)nnc2C1. The van der Waals surface area contributed by atoms with Gasteiger partial charge in [0, 0.05) is 19.4 Å². The van der Waals surface area contributed by atoms with Crippen molar-refractivity contribution in [2.45, 2.75) is 32.2 Å². The van der Waals surface area contributed by atoms with Gasteiger partial charge in [-0.15, -0.1) is 10.2 Å². The molecule has 0 amide bonds. The molecule has 0 radical (unpaired) electrons. The average molecular weight is 260 g/mol. The molecule has 2 rings (SSSR count). The molecule has 2 heterocycles. The van der Waals surface area contributed by atoms with Crippen molar-refractivity contribution < 1.29 is 13.5 Å². The molecule has 0 bridgehead atoms. The smallest absolute Gasteiger partial charge is 0.261 e. The first-order chi connectivity index (χ1) is 8.70. The Bertz CT molecular complexity index is 383. The fraction of sp³-hybridized carbons (Fsp3) is 0.818. The van der Waals surface area contributed by atoms with E-state index in [-0.39, 0.29) is 6.61 Å². The van der Waals surface area contributed by atoms with Crippen LogP contribution in [0.1, 0.15) is 18.1 Å². The van der Waals surface area contributed by atoms with Crippen molar-refractivity contribution in [2.24, 2.45) is 11.7 Å². The van der Waals surface area contributed by atoms with E-state index in [2.05, 4.69) is 14.8 Å². The zero-order chi connectivity index (χ0) is 13.0. The van der Waals surface area contributed by atoms with Crippen LogP contribution in [-0.4, -0.2) is 40.9 Å². The highest BCUT2D eigenvalue weighted by Crippen LogP contribution is 2.19. The van der Waals surface area contributed by atoms with E-state index in [0.29, 0.717) is 18.9 Å². The number of hydrogen-bond acceptors (Lipinski definition) is 4. The van der Waals surface area contributed by atoms with Crippen molar-refractivity contribution >= 4 is 0 Å². The number of fused-ring (bicyclic) bond motifs is 1. The lowest BCUT2D eigenvalue weighted by Crippen LogP contribution is -2.26. The molecule has 1 aliphatic heterocycles. The summed E-state index contributed by atoms with van der Waals surface area (Å²) in [5, 5.41) is 8.21.